The minimum absolute atomic E-state index is 0.580. The highest BCUT2D eigenvalue weighted by atomic mass is 32.5. The molecule has 1 fully saturated rings. The number of hydrogen-bond acceptors (Lipinski definition) is 7. The van der Waals surface area contributed by atoms with Crippen LogP contribution in [0.3, 0.4) is 0 Å². The summed E-state index contributed by atoms with van der Waals surface area (Å²) < 4.78 is 28.1. The molecule has 12 nitrogen and oxygen atoms in total. The molecule has 1 aromatic rings. The Morgan fingerprint density at radius 2 is 2.04 bits per heavy atom. The van der Waals surface area contributed by atoms with E-state index in [2.05, 4.69) is 11.8 Å². The van der Waals surface area contributed by atoms with Crippen LogP contribution in [0.4, 0.5) is 0 Å². The molecule has 0 amide bonds. The minimum Gasteiger partial charge on any atom is -0.374 e. The van der Waals surface area contributed by atoms with Gasteiger partial charge in [-0.15, -0.1) is 0 Å². The van der Waals surface area contributed by atoms with Gasteiger partial charge in [-0.3, -0.25) is 24.4 Å². The fraction of sp³-hybridized carbons (Fsp3) is 0.455. The molecule has 26 heavy (non-hydrogen) atoms. The van der Waals surface area contributed by atoms with Gasteiger partial charge in [0.2, 0.25) is 0 Å². The number of ether oxygens (including phenoxy) is 2. The van der Waals surface area contributed by atoms with Crippen LogP contribution >= 0.6 is 14.2 Å². The fourth-order valence-electron chi connectivity index (χ4n) is 2.41. The van der Waals surface area contributed by atoms with Crippen molar-refractivity contribution in [2.45, 2.75) is 24.5 Å². The molecule has 5 atom stereocenters. The molecule has 0 spiro atoms. The molecule has 1 aromatic heterocycles. The van der Waals surface area contributed by atoms with Gasteiger partial charge >= 0.3 is 13.3 Å². The molecule has 0 saturated carbocycles. The summed E-state index contributed by atoms with van der Waals surface area (Å²) in [6, 6.07) is 1.07. The first kappa shape index (κ1) is 21.3. The zero-order valence-corrected chi connectivity index (χ0v) is 15.8. The zero-order valence-electron chi connectivity index (χ0n) is 13.2. The van der Waals surface area contributed by atoms with Crippen LogP contribution in [0.5, 0.6) is 0 Å². The minimum atomic E-state index is -4.52. The van der Waals surface area contributed by atoms with Gasteiger partial charge in [-0.1, -0.05) is 0 Å². The van der Waals surface area contributed by atoms with Crippen LogP contribution in [0.2, 0.25) is 0 Å². The monoisotopic (exact) mass is 429 g/mol. The van der Waals surface area contributed by atoms with Crippen molar-refractivity contribution in [3.05, 3.63) is 45.0 Å². The quantitative estimate of drug-likeness (QED) is 0.338. The van der Waals surface area contributed by atoms with Crippen molar-refractivity contribution >= 4 is 26.0 Å². The van der Waals surface area contributed by atoms with E-state index in [1.165, 1.54) is 7.11 Å². The maximum atomic E-state index is 12.0. The van der Waals surface area contributed by atoms with E-state index in [9.17, 15) is 19.0 Å². The third-order valence-electron chi connectivity index (χ3n) is 3.37. The normalized spacial score (nSPS) is 29.1. The maximum Gasteiger partial charge on any atom is 0.348 e. The fourth-order valence-corrected chi connectivity index (χ4v) is 3.69. The average Bonchev–Trinajstić information content (AvgIpc) is 2.80. The summed E-state index contributed by atoms with van der Waals surface area (Å²) >= 11 is 4.65. The van der Waals surface area contributed by atoms with Gasteiger partial charge in [-0.25, -0.2) is 4.79 Å². The van der Waals surface area contributed by atoms with Gasteiger partial charge in [0.15, 0.2) is 6.23 Å². The topological polar surface area (TPSA) is 186 Å². The first-order valence-corrected chi connectivity index (χ1v) is 11.4. The van der Waals surface area contributed by atoms with Crippen LogP contribution in [0, 0.1) is 0 Å². The molecule has 2 rings (SSSR count). The lowest BCUT2D eigenvalue weighted by Gasteiger charge is -2.24. The number of nitrogens with two attached hydrogens (primary N) is 1. The lowest BCUT2D eigenvalue weighted by Crippen LogP contribution is -2.39. The van der Waals surface area contributed by atoms with Crippen molar-refractivity contribution in [1.29, 1.82) is 0 Å². The molecule has 2 heterocycles. The molecule has 0 aliphatic carbocycles. The van der Waals surface area contributed by atoms with E-state index in [4.69, 9.17) is 29.3 Å². The molecular weight excluding hydrogens is 412 g/mol. The highest BCUT2D eigenvalue weighted by molar-refractivity contribution is 8.08. The van der Waals surface area contributed by atoms with Crippen LogP contribution in [0.1, 0.15) is 6.23 Å². The summed E-state index contributed by atoms with van der Waals surface area (Å²) in [5.74, 6) is 0.580. The van der Waals surface area contributed by atoms with E-state index < -0.39 is 50.0 Å². The Kier molecular flexibility index (Phi) is 6.52. The molecule has 15 heteroatoms. The van der Waals surface area contributed by atoms with E-state index in [-0.39, 0.29) is 0 Å². The van der Waals surface area contributed by atoms with Crippen molar-refractivity contribution in [2.24, 2.45) is 5.50 Å². The lowest BCUT2D eigenvalue weighted by atomic mass is 10.1. The number of aromatic nitrogens is 2. The van der Waals surface area contributed by atoms with E-state index in [1.54, 1.807) is 0 Å². The number of aromatic amines is 1. The number of nitrogens with zero attached hydrogens (tertiary/aromatic N) is 1. The van der Waals surface area contributed by atoms with Gasteiger partial charge in [0.1, 0.15) is 18.3 Å². The van der Waals surface area contributed by atoms with Crippen molar-refractivity contribution < 1.29 is 33.2 Å². The first-order valence-electron chi connectivity index (χ1n) is 6.95. The van der Waals surface area contributed by atoms with Crippen LogP contribution < -0.4 is 16.8 Å². The number of hydrogen-bond donors (Lipinski definition) is 5. The third kappa shape index (κ3) is 5.51. The molecule has 0 bridgehead atoms. The van der Waals surface area contributed by atoms with Gasteiger partial charge in [0.25, 0.3) is 12.2 Å². The molecule has 0 radical (unpaired) electrons. The summed E-state index contributed by atoms with van der Waals surface area (Å²) in [4.78, 5) is 52.9. The maximum absolute atomic E-state index is 12.0. The zero-order chi connectivity index (χ0) is 19.7. The molecular formula is C11H17N3O9P2S. The summed E-state index contributed by atoms with van der Waals surface area (Å²) in [6.45, 7) is -3.70. The standard InChI is InChI=1S/C11H17N3O9P2S/c1-21-9-8(23-25(12,20)26)6(3-5-24(17,18)19)22-10(9)14-4-2-7(15)13-11(14)16/h2-6,8-10H,1H3,(H3,12,20,26)(H,13,15,16)(H2,17,18,19)/b5-3+/t6-,8-,9-,10-,25?/m1/s1. The van der Waals surface area contributed by atoms with Crippen molar-refractivity contribution in [3.63, 3.8) is 0 Å². The smallest absolute Gasteiger partial charge is 0.348 e. The Labute approximate surface area is 151 Å². The van der Waals surface area contributed by atoms with Crippen molar-refractivity contribution in [3.8, 4) is 0 Å². The Morgan fingerprint density at radius 1 is 1.38 bits per heavy atom. The van der Waals surface area contributed by atoms with Gasteiger partial charge in [0.05, 0.1) is 0 Å². The molecule has 6 N–H and O–H groups in total. The van der Waals surface area contributed by atoms with Gasteiger partial charge in [-0.2, -0.15) is 0 Å². The number of H-pyrrole nitrogens is 1. The van der Waals surface area contributed by atoms with E-state index in [0.29, 0.717) is 5.82 Å². The second kappa shape index (κ2) is 7.95. The Morgan fingerprint density at radius 3 is 2.54 bits per heavy atom. The molecule has 0 aromatic carbocycles. The van der Waals surface area contributed by atoms with E-state index in [1.807, 2.05) is 4.98 Å². The third-order valence-corrected chi connectivity index (χ3v) is 4.73. The Hall–Kier alpha value is -0.980. The largest absolute Gasteiger partial charge is 0.374 e. The van der Waals surface area contributed by atoms with Gasteiger partial charge < -0.3 is 28.7 Å². The number of nitrogens with one attached hydrogen (secondary N) is 1. The second-order valence-corrected chi connectivity index (χ2v) is 9.66. The van der Waals surface area contributed by atoms with Gasteiger partial charge in [0, 0.05) is 25.2 Å². The van der Waals surface area contributed by atoms with Crippen LogP contribution in [-0.4, -0.2) is 49.7 Å². The first-order chi connectivity index (χ1) is 11.9. The summed E-state index contributed by atoms with van der Waals surface area (Å²) in [5.41, 5.74) is 3.93. The van der Waals surface area contributed by atoms with E-state index in [0.717, 1.165) is 22.9 Å². The lowest BCUT2D eigenvalue weighted by molar-refractivity contribution is -0.0475. The Balaban J connectivity index is 2.46. The molecule has 1 aliphatic heterocycles. The van der Waals surface area contributed by atoms with Crippen molar-refractivity contribution in [1.82, 2.24) is 9.55 Å². The van der Waals surface area contributed by atoms with Gasteiger partial charge in [-0.05, 0) is 17.9 Å². The summed E-state index contributed by atoms with van der Waals surface area (Å²) in [6.07, 6.45) is -2.37. The molecule has 146 valence electrons. The van der Waals surface area contributed by atoms with Crippen LogP contribution in [0.15, 0.2) is 33.7 Å². The molecule has 1 aliphatic rings. The Bertz CT molecular complexity index is 887. The predicted octanol–water partition coefficient (Wildman–Crippen LogP) is -1.30. The SMILES string of the molecule is CO[C@@H]1[C@H](OP(N)(O)=S)[C@@H](/C=C/P(=O)(O)O)O[C@H]1n1ccc(=O)[nH]c1=O. The average molecular weight is 429 g/mol. The molecule has 1 unspecified atom stereocenters. The highest BCUT2D eigenvalue weighted by Gasteiger charge is 2.48. The predicted molar refractivity (Wildman–Crippen MR) is 92.8 cm³/mol. The van der Waals surface area contributed by atoms with Crippen LogP contribution in [-0.2, 0) is 30.4 Å². The number of rotatable bonds is 6. The number of methoxy groups -OCH3 is 1. The van der Waals surface area contributed by atoms with E-state index >= 15 is 0 Å². The van der Waals surface area contributed by atoms with Crippen molar-refractivity contribution in [2.75, 3.05) is 7.11 Å². The summed E-state index contributed by atoms with van der Waals surface area (Å²) in [5, 5.41) is 0. The van der Waals surface area contributed by atoms with Crippen LogP contribution in [0.25, 0.3) is 0 Å². The highest BCUT2D eigenvalue weighted by Crippen LogP contribution is 2.44. The summed E-state index contributed by atoms with van der Waals surface area (Å²) in [7, 11) is -3.25. The molecule has 1 saturated heterocycles. The second-order valence-electron chi connectivity index (χ2n) is 5.27.